The second-order valence-electron chi connectivity index (χ2n) is 4.99. The number of nitrogens with one attached hydrogen (secondary N) is 1. The van der Waals surface area contributed by atoms with E-state index in [-0.39, 0.29) is 19.6 Å². The van der Waals surface area contributed by atoms with Crippen molar-refractivity contribution < 1.29 is 28.5 Å². The number of carbonyl (C=O) groups is 2. The van der Waals surface area contributed by atoms with Gasteiger partial charge in [-0.05, 0) is 31.6 Å². The Kier molecular flexibility index (Phi) is 8.59. The Morgan fingerprint density at radius 2 is 1.67 bits per heavy atom. The van der Waals surface area contributed by atoms with Gasteiger partial charge >= 0.3 is 12.1 Å². The van der Waals surface area contributed by atoms with Crippen molar-refractivity contribution in [3.8, 4) is 0 Å². The lowest BCUT2D eigenvalue weighted by Crippen LogP contribution is -2.44. The van der Waals surface area contributed by atoms with E-state index in [0.717, 1.165) is 0 Å². The molecule has 3 atom stereocenters. The Labute approximate surface area is 125 Å². The van der Waals surface area contributed by atoms with Crippen molar-refractivity contribution in [2.24, 2.45) is 0 Å². The molecule has 0 heterocycles. The molecule has 0 spiro atoms. The Bertz CT molecular complexity index is 398. The number of hydrogen-bond donors (Lipinski definition) is 1. The molecule has 0 bridgehead atoms. The summed E-state index contributed by atoms with van der Waals surface area (Å²) in [4.78, 5) is 35.4. The summed E-state index contributed by atoms with van der Waals surface area (Å²) >= 11 is 0. The van der Waals surface area contributed by atoms with Gasteiger partial charge in [0.1, 0.15) is 6.04 Å². The van der Waals surface area contributed by atoms with E-state index in [9.17, 15) is 19.0 Å². The van der Waals surface area contributed by atoms with Crippen LogP contribution in [0, 0.1) is 0 Å². The first-order valence-electron chi connectivity index (χ1n) is 7.07. The standard InChI is InChI=1S/C13H26NO6P/c1-6-19-12(15)11(14-13(16)20-7-2)8-10(5)21(17,18)9(3)4/h9-11H,6-8H2,1-5H3,(H,14,16)(H,17,18)/p-1. The number of esters is 1. The summed E-state index contributed by atoms with van der Waals surface area (Å²) in [6, 6.07) is -1.04. The summed E-state index contributed by atoms with van der Waals surface area (Å²) in [5.41, 5.74) is -1.29. The van der Waals surface area contributed by atoms with Crippen molar-refractivity contribution in [2.45, 2.75) is 58.4 Å². The molecule has 3 unspecified atom stereocenters. The molecule has 8 heteroatoms. The third-order valence-corrected chi connectivity index (χ3v) is 5.93. The van der Waals surface area contributed by atoms with Gasteiger partial charge in [0.25, 0.3) is 0 Å². The number of carbonyl (C=O) groups excluding carboxylic acids is 2. The van der Waals surface area contributed by atoms with E-state index in [1.54, 1.807) is 27.7 Å². The second kappa shape index (κ2) is 9.05. The number of alkyl carbamates (subject to hydrolysis) is 1. The summed E-state index contributed by atoms with van der Waals surface area (Å²) in [6.45, 7) is 8.26. The molecule has 0 saturated heterocycles. The molecule has 0 rings (SSSR count). The van der Waals surface area contributed by atoms with Gasteiger partial charge in [-0.2, -0.15) is 0 Å². The van der Waals surface area contributed by atoms with Crippen LogP contribution >= 0.6 is 7.37 Å². The van der Waals surface area contributed by atoms with Gasteiger partial charge in [0.05, 0.1) is 13.2 Å². The van der Waals surface area contributed by atoms with E-state index in [1.165, 1.54) is 6.92 Å². The fourth-order valence-corrected chi connectivity index (χ4v) is 3.29. The topological polar surface area (TPSA) is 105 Å². The van der Waals surface area contributed by atoms with Crippen LogP contribution in [0.4, 0.5) is 4.79 Å². The number of ether oxygens (including phenoxy) is 2. The minimum atomic E-state index is -3.68. The van der Waals surface area contributed by atoms with E-state index in [0.29, 0.717) is 0 Å². The van der Waals surface area contributed by atoms with Gasteiger partial charge in [0, 0.05) is 7.37 Å². The Morgan fingerprint density at radius 1 is 1.14 bits per heavy atom. The molecule has 0 aliphatic rings. The minimum absolute atomic E-state index is 0.0450. The largest absolute Gasteiger partial charge is 0.799 e. The molecule has 1 amide bonds. The monoisotopic (exact) mass is 322 g/mol. The fourth-order valence-electron chi connectivity index (χ4n) is 1.77. The maximum Gasteiger partial charge on any atom is 0.407 e. The van der Waals surface area contributed by atoms with E-state index in [4.69, 9.17) is 9.47 Å². The number of rotatable bonds is 8. The van der Waals surface area contributed by atoms with Crippen LogP contribution in [0.15, 0.2) is 0 Å². The number of hydrogen-bond acceptors (Lipinski definition) is 6. The van der Waals surface area contributed by atoms with Crippen molar-refractivity contribution in [3.05, 3.63) is 0 Å². The molecule has 7 nitrogen and oxygen atoms in total. The maximum atomic E-state index is 12.1. The van der Waals surface area contributed by atoms with Crippen LogP contribution in [-0.2, 0) is 18.8 Å². The third-order valence-electron chi connectivity index (χ3n) is 3.05. The van der Waals surface area contributed by atoms with Gasteiger partial charge in [0.15, 0.2) is 0 Å². The lowest BCUT2D eigenvalue weighted by molar-refractivity contribution is -0.179. The van der Waals surface area contributed by atoms with Crippen molar-refractivity contribution in [1.82, 2.24) is 5.32 Å². The molecular formula is C13H25NO6P-. The van der Waals surface area contributed by atoms with Gasteiger partial charge in [-0.1, -0.05) is 20.8 Å². The van der Waals surface area contributed by atoms with E-state index in [2.05, 4.69) is 5.32 Å². The highest BCUT2D eigenvalue weighted by Gasteiger charge is 2.30. The zero-order chi connectivity index (χ0) is 16.6. The maximum absolute atomic E-state index is 12.1. The molecule has 1 N–H and O–H groups in total. The van der Waals surface area contributed by atoms with Gasteiger partial charge in [-0.3, -0.25) is 0 Å². The molecule has 0 aromatic carbocycles. The summed E-state index contributed by atoms with van der Waals surface area (Å²) in [5, 5.41) is 2.35. The molecule has 124 valence electrons. The molecule has 0 fully saturated rings. The Morgan fingerprint density at radius 3 is 2.10 bits per heavy atom. The van der Waals surface area contributed by atoms with Gasteiger partial charge < -0.3 is 24.2 Å². The van der Waals surface area contributed by atoms with Crippen molar-refractivity contribution >= 4 is 19.4 Å². The van der Waals surface area contributed by atoms with Crippen LogP contribution in [-0.4, -0.2) is 42.6 Å². The highest BCUT2D eigenvalue weighted by molar-refractivity contribution is 7.58. The molecule has 0 aliphatic heterocycles. The SMILES string of the molecule is CCOC(=O)NC(CC(C)P(=O)([O-])C(C)C)C(=O)OCC. The molecule has 0 saturated carbocycles. The fraction of sp³-hybridized carbons (Fsp3) is 0.846. The van der Waals surface area contributed by atoms with E-state index in [1.807, 2.05) is 0 Å². The first kappa shape index (κ1) is 19.9. The molecule has 0 aliphatic carbocycles. The predicted molar refractivity (Wildman–Crippen MR) is 77.4 cm³/mol. The smallest absolute Gasteiger partial charge is 0.407 e. The van der Waals surface area contributed by atoms with Gasteiger partial charge in [-0.15, -0.1) is 0 Å². The van der Waals surface area contributed by atoms with Gasteiger partial charge in [0.2, 0.25) is 0 Å². The Hall–Kier alpha value is -1.07. The average molecular weight is 322 g/mol. The van der Waals surface area contributed by atoms with E-state index >= 15 is 0 Å². The highest BCUT2D eigenvalue weighted by atomic mass is 31.2. The molecule has 0 aromatic rings. The first-order chi connectivity index (χ1) is 9.66. The predicted octanol–water partition coefficient (Wildman–Crippen LogP) is 1.49. The zero-order valence-electron chi connectivity index (χ0n) is 13.3. The lowest BCUT2D eigenvalue weighted by Gasteiger charge is -2.35. The molecule has 0 radical (unpaired) electrons. The van der Waals surface area contributed by atoms with Crippen molar-refractivity contribution in [2.75, 3.05) is 13.2 Å². The average Bonchev–Trinajstić information content (AvgIpc) is 2.38. The summed E-state index contributed by atoms with van der Waals surface area (Å²) in [5.74, 6) is -0.666. The summed E-state index contributed by atoms with van der Waals surface area (Å²) in [7, 11) is -3.68. The van der Waals surface area contributed by atoms with Gasteiger partial charge in [-0.25, -0.2) is 9.59 Å². The van der Waals surface area contributed by atoms with Crippen LogP contribution in [0.25, 0.3) is 0 Å². The van der Waals surface area contributed by atoms with Crippen molar-refractivity contribution in [3.63, 3.8) is 0 Å². The molecule has 21 heavy (non-hydrogen) atoms. The van der Waals surface area contributed by atoms with Crippen LogP contribution in [0.5, 0.6) is 0 Å². The van der Waals surface area contributed by atoms with E-state index < -0.39 is 36.8 Å². The summed E-state index contributed by atoms with van der Waals surface area (Å²) in [6.07, 6.45) is -0.815. The van der Waals surface area contributed by atoms with Crippen LogP contribution in [0.2, 0.25) is 0 Å². The quantitative estimate of drug-likeness (QED) is 0.536. The normalized spacial score (nSPS) is 16.7. The lowest BCUT2D eigenvalue weighted by atomic mass is 10.1. The second-order valence-corrected chi connectivity index (χ2v) is 8.20. The minimum Gasteiger partial charge on any atom is -0.799 e. The third kappa shape index (κ3) is 6.48. The zero-order valence-corrected chi connectivity index (χ0v) is 14.1. The number of amides is 1. The molecule has 0 aromatic heterocycles. The Balaban J connectivity index is 4.93. The highest BCUT2D eigenvalue weighted by Crippen LogP contribution is 2.48. The molecular weight excluding hydrogens is 297 g/mol. The summed E-state index contributed by atoms with van der Waals surface area (Å²) < 4.78 is 21.7. The first-order valence-corrected chi connectivity index (χ1v) is 8.83. The van der Waals surface area contributed by atoms with Crippen LogP contribution in [0.1, 0.15) is 41.0 Å². The van der Waals surface area contributed by atoms with Crippen LogP contribution in [0.3, 0.4) is 0 Å². The van der Waals surface area contributed by atoms with Crippen LogP contribution < -0.4 is 10.2 Å². The van der Waals surface area contributed by atoms with Crippen molar-refractivity contribution in [1.29, 1.82) is 0 Å².